The lowest BCUT2D eigenvalue weighted by Gasteiger charge is -2.50. The van der Waals surface area contributed by atoms with Crippen molar-refractivity contribution in [3.05, 3.63) is 65.5 Å². The third kappa shape index (κ3) is 3.31. The SMILES string of the molecule is O=C(c1cc(F)c(F)cc1F)N1CC(N2CCC3(CC2)C(=O)NCN3c2ccccc2)C1. The Morgan fingerprint density at radius 2 is 1.62 bits per heavy atom. The lowest BCUT2D eigenvalue weighted by Crippen LogP contribution is -2.65. The van der Waals surface area contributed by atoms with Gasteiger partial charge in [0, 0.05) is 44.0 Å². The molecule has 3 fully saturated rings. The van der Waals surface area contributed by atoms with Crippen molar-refractivity contribution in [2.75, 3.05) is 37.7 Å². The van der Waals surface area contributed by atoms with E-state index in [9.17, 15) is 22.8 Å². The Morgan fingerprint density at radius 1 is 0.969 bits per heavy atom. The number of para-hydroxylation sites is 1. The molecule has 0 aliphatic carbocycles. The maximum Gasteiger partial charge on any atom is 0.257 e. The standard InChI is InChI=1S/C23H23F3N4O2/c24-18-11-20(26)19(25)10-17(18)21(31)29-12-16(13-29)28-8-6-23(7-9-28)22(32)27-14-30(23)15-4-2-1-3-5-15/h1-5,10-11,16H,6-9,12-14H2,(H,27,32). The number of nitrogens with one attached hydrogen (secondary N) is 1. The minimum atomic E-state index is -1.32. The summed E-state index contributed by atoms with van der Waals surface area (Å²) in [6, 6.07) is 11.0. The van der Waals surface area contributed by atoms with Crippen LogP contribution in [0, 0.1) is 17.5 Å². The van der Waals surface area contributed by atoms with Crippen molar-refractivity contribution in [3.8, 4) is 0 Å². The molecule has 6 nitrogen and oxygen atoms in total. The van der Waals surface area contributed by atoms with Gasteiger partial charge < -0.3 is 15.1 Å². The molecule has 32 heavy (non-hydrogen) atoms. The van der Waals surface area contributed by atoms with Gasteiger partial charge in [0.25, 0.3) is 5.91 Å². The molecule has 3 saturated heterocycles. The van der Waals surface area contributed by atoms with E-state index in [4.69, 9.17) is 0 Å². The van der Waals surface area contributed by atoms with Gasteiger partial charge in [-0.2, -0.15) is 0 Å². The van der Waals surface area contributed by atoms with Crippen molar-refractivity contribution < 1.29 is 22.8 Å². The average Bonchev–Trinajstić information content (AvgIpc) is 3.07. The number of hydrogen-bond donors (Lipinski definition) is 1. The zero-order chi connectivity index (χ0) is 22.5. The highest BCUT2D eigenvalue weighted by molar-refractivity contribution is 5.95. The molecule has 2 aromatic rings. The van der Waals surface area contributed by atoms with E-state index in [0.29, 0.717) is 57.8 Å². The Bertz CT molecular complexity index is 1050. The number of rotatable bonds is 3. The van der Waals surface area contributed by atoms with Crippen molar-refractivity contribution in [2.24, 2.45) is 0 Å². The van der Waals surface area contributed by atoms with Crippen LogP contribution in [-0.4, -0.2) is 66.0 Å². The quantitative estimate of drug-likeness (QED) is 0.739. The van der Waals surface area contributed by atoms with Crippen molar-refractivity contribution in [1.29, 1.82) is 0 Å². The molecular weight excluding hydrogens is 421 g/mol. The number of halogens is 3. The van der Waals surface area contributed by atoms with Crippen LogP contribution in [0.15, 0.2) is 42.5 Å². The van der Waals surface area contributed by atoms with Gasteiger partial charge in [0.05, 0.1) is 12.2 Å². The molecule has 1 spiro atoms. The Labute approximate surface area is 183 Å². The van der Waals surface area contributed by atoms with Crippen LogP contribution in [0.1, 0.15) is 23.2 Å². The molecule has 0 unspecified atom stereocenters. The average molecular weight is 444 g/mol. The Hall–Kier alpha value is -3.07. The molecule has 0 atom stereocenters. The van der Waals surface area contributed by atoms with Crippen LogP contribution in [0.25, 0.3) is 0 Å². The molecule has 1 N–H and O–H groups in total. The first-order valence-corrected chi connectivity index (χ1v) is 10.7. The van der Waals surface area contributed by atoms with E-state index in [0.717, 1.165) is 5.69 Å². The van der Waals surface area contributed by atoms with E-state index < -0.39 is 34.5 Å². The number of nitrogens with zero attached hydrogens (tertiary/aromatic N) is 3. The summed E-state index contributed by atoms with van der Waals surface area (Å²) in [4.78, 5) is 31.1. The highest BCUT2D eigenvalue weighted by Gasteiger charge is 2.51. The number of carbonyl (C=O) groups excluding carboxylic acids is 2. The van der Waals surface area contributed by atoms with Gasteiger partial charge in [0.15, 0.2) is 11.6 Å². The van der Waals surface area contributed by atoms with Gasteiger partial charge in [-0.1, -0.05) is 18.2 Å². The van der Waals surface area contributed by atoms with Gasteiger partial charge in [-0.25, -0.2) is 13.2 Å². The second-order valence-corrected chi connectivity index (χ2v) is 8.61. The van der Waals surface area contributed by atoms with E-state index in [1.54, 1.807) is 0 Å². The number of likely N-dealkylation sites (tertiary alicyclic amines) is 2. The molecule has 3 aliphatic heterocycles. The normalized spacial score (nSPS) is 21.0. The molecule has 0 bridgehead atoms. The van der Waals surface area contributed by atoms with E-state index in [1.807, 2.05) is 30.3 Å². The summed E-state index contributed by atoms with van der Waals surface area (Å²) in [5.74, 6) is -4.23. The fraction of sp³-hybridized carbons (Fsp3) is 0.391. The van der Waals surface area contributed by atoms with Crippen LogP contribution in [0.5, 0.6) is 0 Å². The Morgan fingerprint density at radius 3 is 2.31 bits per heavy atom. The molecule has 3 aliphatic rings. The summed E-state index contributed by atoms with van der Waals surface area (Å²) < 4.78 is 40.5. The van der Waals surface area contributed by atoms with Crippen LogP contribution in [0.3, 0.4) is 0 Å². The van der Waals surface area contributed by atoms with E-state index in [-0.39, 0.29) is 11.9 Å². The first-order valence-electron chi connectivity index (χ1n) is 10.7. The van der Waals surface area contributed by atoms with Gasteiger partial charge in [-0.15, -0.1) is 0 Å². The van der Waals surface area contributed by atoms with E-state index in [1.165, 1.54) is 4.90 Å². The molecule has 9 heteroatoms. The van der Waals surface area contributed by atoms with Crippen LogP contribution in [0.4, 0.5) is 18.9 Å². The van der Waals surface area contributed by atoms with E-state index in [2.05, 4.69) is 15.1 Å². The number of piperidine rings is 1. The largest absolute Gasteiger partial charge is 0.339 e. The summed E-state index contributed by atoms with van der Waals surface area (Å²) >= 11 is 0. The molecule has 2 amide bonds. The summed E-state index contributed by atoms with van der Waals surface area (Å²) in [5.41, 5.74) is -0.0272. The minimum absolute atomic E-state index is 0.0419. The molecule has 0 aromatic heterocycles. The van der Waals surface area contributed by atoms with Crippen molar-refractivity contribution >= 4 is 17.5 Å². The highest BCUT2D eigenvalue weighted by Crippen LogP contribution is 2.37. The second-order valence-electron chi connectivity index (χ2n) is 8.61. The van der Waals surface area contributed by atoms with Gasteiger partial charge >= 0.3 is 0 Å². The van der Waals surface area contributed by atoms with Crippen LogP contribution >= 0.6 is 0 Å². The zero-order valence-corrected chi connectivity index (χ0v) is 17.4. The van der Waals surface area contributed by atoms with Gasteiger partial charge in [-0.3, -0.25) is 14.5 Å². The maximum absolute atomic E-state index is 13.9. The Kier molecular flexibility index (Phi) is 5.08. The first kappa shape index (κ1) is 20.8. The van der Waals surface area contributed by atoms with Gasteiger partial charge in [-0.05, 0) is 31.0 Å². The lowest BCUT2D eigenvalue weighted by molar-refractivity contribution is -0.125. The van der Waals surface area contributed by atoms with Gasteiger partial charge in [0.1, 0.15) is 11.4 Å². The summed E-state index contributed by atoms with van der Waals surface area (Å²) in [6.07, 6.45) is 1.33. The number of carbonyl (C=O) groups is 2. The van der Waals surface area contributed by atoms with Crippen molar-refractivity contribution in [1.82, 2.24) is 15.1 Å². The molecule has 0 radical (unpaired) electrons. The molecule has 5 rings (SSSR count). The van der Waals surface area contributed by atoms with Gasteiger partial charge in [0.2, 0.25) is 5.91 Å². The molecular formula is C23H23F3N4O2. The fourth-order valence-corrected chi connectivity index (χ4v) is 5.00. The number of hydrogen-bond acceptors (Lipinski definition) is 4. The smallest absolute Gasteiger partial charge is 0.257 e. The molecule has 2 aromatic carbocycles. The van der Waals surface area contributed by atoms with Crippen molar-refractivity contribution in [2.45, 2.75) is 24.4 Å². The van der Waals surface area contributed by atoms with E-state index >= 15 is 0 Å². The highest BCUT2D eigenvalue weighted by atomic mass is 19.2. The van der Waals surface area contributed by atoms with Crippen LogP contribution in [-0.2, 0) is 4.79 Å². The predicted molar refractivity (Wildman–Crippen MR) is 111 cm³/mol. The predicted octanol–water partition coefficient (Wildman–Crippen LogP) is 2.36. The van der Waals surface area contributed by atoms with Crippen molar-refractivity contribution in [3.63, 3.8) is 0 Å². The number of amides is 2. The molecule has 3 heterocycles. The molecule has 0 saturated carbocycles. The topological polar surface area (TPSA) is 55.9 Å². The number of anilines is 1. The monoisotopic (exact) mass is 444 g/mol. The second kappa shape index (κ2) is 7.81. The first-order chi connectivity index (χ1) is 15.4. The third-order valence-corrected chi connectivity index (χ3v) is 6.94. The summed E-state index contributed by atoms with van der Waals surface area (Å²) in [6.45, 7) is 2.65. The molecule has 168 valence electrons. The minimum Gasteiger partial charge on any atom is -0.339 e. The fourth-order valence-electron chi connectivity index (χ4n) is 5.00. The maximum atomic E-state index is 13.9. The summed E-state index contributed by atoms with van der Waals surface area (Å²) in [7, 11) is 0. The Balaban J connectivity index is 1.21. The van der Waals surface area contributed by atoms with Crippen LogP contribution < -0.4 is 10.2 Å². The zero-order valence-electron chi connectivity index (χ0n) is 17.4. The lowest BCUT2D eigenvalue weighted by atomic mass is 9.84. The summed E-state index contributed by atoms with van der Waals surface area (Å²) in [5, 5.41) is 2.98. The third-order valence-electron chi connectivity index (χ3n) is 6.94. The number of benzene rings is 2. The van der Waals surface area contributed by atoms with Crippen LogP contribution in [0.2, 0.25) is 0 Å².